The van der Waals surface area contributed by atoms with Gasteiger partial charge in [0.05, 0.1) is 10.9 Å². The molecule has 5 heteroatoms. The first-order valence-electron chi connectivity index (χ1n) is 7.95. The molecule has 20 heavy (non-hydrogen) atoms. The van der Waals surface area contributed by atoms with Crippen LogP contribution in [0.15, 0.2) is 0 Å². The minimum absolute atomic E-state index is 0.136. The van der Waals surface area contributed by atoms with E-state index in [1.165, 1.54) is 32.4 Å². The third kappa shape index (κ3) is 3.70. The fourth-order valence-corrected chi connectivity index (χ4v) is 3.72. The summed E-state index contributed by atoms with van der Waals surface area (Å²) in [4.78, 5) is 17.3. The lowest BCUT2D eigenvalue weighted by molar-refractivity contribution is -0.135. The van der Waals surface area contributed by atoms with Gasteiger partial charge in [0.1, 0.15) is 0 Å². The second kappa shape index (κ2) is 7.36. The van der Waals surface area contributed by atoms with E-state index in [-0.39, 0.29) is 11.8 Å². The van der Waals surface area contributed by atoms with Gasteiger partial charge in [-0.2, -0.15) is 0 Å². The molecule has 0 aliphatic carbocycles. The molecule has 4 nitrogen and oxygen atoms in total. The zero-order valence-electron chi connectivity index (χ0n) is 12.5. The van der Waals surface area contributed by atoms with E-state index in [4.69, 9.17) is 18.0 Å². The van der Waals surface area contributed by atoms with Crippen LogP contribution in [-0.2, 0) is 4.79 Å². The number of hydrogen-bond acceptors (Lipinski definition) is 3. The Bertz CT molecular complexity index is 347. The number of thiocarbonyl (C=S) groups is 1. The van der Waals surface area contributed by atoms with E-state index in [2.05, 4.69) is 4.90 Å². The summed E-state index contributed by atoms with van der Waals surface area (Å²) >= 11 is 5.01. The SMILES string of the molecule is CCC(C(=O)N1CCC(N2CCCCC2)CC1)C(N)=S. The molecule has 0 saturated carbocycles. The van der Waals surface area contributed by atoms with Crippen molar-refractivity contribution in [2.45, 2.75) is 51.5 Å². The monoisotopic (exact) mass is 297 g/mol. The average Bonchev–Trinajstić information content (AvgIpc) is 2.48. The Morgan fingerprint density at radius 3 is 2.30 bits per heavy atom. The molecule has 2 aliphatic heterocycles. The lowest BCUT2D eigenvalue weighted by Crippen LogP contribution is -2.50. The van der Waals surface area contributed by atoms with Crippen molar-refractivity contribution >= 4 is 23.1 Å². The van der Waals surface area contributed by atoms with Gasteiger partial charge in [0, 0.05) is 19.1 Å². The first-order valence-corrected chi connectivity index (χ1v) is 8.36. The highest BCUT2D eigenvalue weighted by molar-refractivity contribution is 7.80. The summed E-state index contributed by atoms with van der Waals surface area (Å²) in [7, 11) is 0. The van der Waals surface area contributed by atoms with Crippen molar-refractivity contribution in [1.82, 2.24) is 9.80 Å². The van der Waals surface area contributed by atoms with Crippen molar-refractivity contribution in [2.24, 2.45) is 11.7 Å². The second-order valence-corrected chi connectivity index (χ2v) is 6.49. The summed E-state index contributed by atoms with van der Waals surface area (Å²) in [5.41, 5.74) is 5.67. The van der Waals surface area contributed by atoms with E-state index >= 15 is 0 Å². The maximum absolute atomic E-state index is 12.4. The van der Waals surface area contributed by atoms with Gasteiger partial charge in [-0.05, 0) is 45.2 Å². The van der Waals surface area contributed by atoms with Gasteiger partial charge in [-0.15, -0.1) is 0 Å². The molecule has 1 unspecified atom stereocenters. The Morgan fingerprint density at radius 1 is 1.20 bits per heavy atom. The summed E-state index contributed by atoms with van der Waals surface area (Å²) < 4.78 is 0. The molecule has 0 aromatic rings. The Morgan fingerprint density at radius 2 is 1.80 bits per heavy atom. The van der Waals surface area contributed by atoms with E-state index in [0.29, 0.717) is 17.5 Å². The Balaban J connectivity index is 1.84. The van der Waals surface area contributed by atoms with Crippen molar-refractivity contribution in [3.05, 3.63) is 0 Å². The highest BCUT2D eigenvalue weighted by atomic mass is 32.1. The van der Waals surface area contributed by atoms with E-state index in [0.717, 1.165) is 25.9 Å². The number of nitrogens with two attached hydrogens (primary N) is 1. The molecule has 2 fully saturated rings. The van der Waals surface area contributed by atoms with Gasteiger partial charge < -0.3 is 15.5 Å². The zero-order chi connectivity index (χ0) is 14.5. The van der Waals surface area contributed by atoms with Gasteiger partial charge in [0.2, 0.25) is 5.91 Å². The van der Waals surface area contributed by atoms with Crippen molar-refractivity contribution in [3.63, 3.8) is 0 Å². The number of carbonyl (C=O) groups excluding carboxylic acids is 1. The molecule has 2 rings (SSSR count). The van der Waals surface area contributed by atoms with Crippen molar-refractivity contribution in [2.75, 3.05) is 26.2 Å². The zero-order valence-corrected chi connectivity index (χ0v) is 13.3. The summed E-state index contributed by atoms with van der Waals surface area (Å²) in [5, 5.41) is 0. The quantitative estimate of drug-likeness (QED) is 0.804. The van der Waals surface area contributed by atoms with Crippen molar-refractivity contribution in [1.29, 1.82) is 0 Å². The van der Waals surface area contributed by atoms with Gasteiger partial charge in [-0.3, -0.25) is 4.79 Å². The molecular formula is C15H27N3OS. The predicted molar refractivity (Wildman–Crippen MR) is 85.6 cm³/mol. The molecule has 2 heterocycles. The standard InChI is InChI=1S/C15H27N3OS/c1-2-13(14(16)20)15(19)18-10-6-12(7-11-18)17-8-4-3-5-9-17/h12-13H,2-11H2,1H3,(H2,16,20). The molecule has 0 bridgehead atoms. The average molecular weight is 297 g/mol. The number of piperidine rings is 2. The maximum atomic E-state index is 12.4. The van der Waals surface area contributed by atoms with Crippen LogP contribution in [0.25, 0.3) is 0 Å². The lowest BCUT2D eigenvalue weighted by Gasteiger charge is -2.40. The first kappa shape index (κ1) is 15.7. The predicted octanol–water partition coefficient (Wildman–Crippen LogP) is 1.78. The Kier molecular flexibility index (Phi) is 5.78. The summed E-state index contributed by atoms with van der Waals surface area (Å²) in [6.07, 6.45) is 6.94. The van der Waals surface area contributed by atoms with E-state index in [9.17, 15) is 4.79 Å². The van der Waals surface area contributed by atoms with Crippen LogP contribution in [0, 0.1) is 5.92 Å². The van der Waals surface area contributed by atoms with Gasteiger partial charge in [0.15, 0.2) is 0 Å². The van der Waals surface area contributed by atoms with Gasteiger partial charge in [0.25, 0.3) is 0 Å². The molecule has 1 atom stereocenters. The van der Waals surface area contributed by atoms with Crippen molar-refractivity contribution in [3.8, 4) is 0 Å². The van der Waals surface area contributed by atoms with Crippen LogP contribution in [-0.4, -0.2) is 52.9 Å². The molecule has 0 aromatic carbocycles. The van der Waals surface area contributed by atoms with E-state index < -0.39 is 0 Å². The topological polar surface area (TPSA) is 49.6 Å². The first-order chi connectivity index (χ1) is 9.63. The van der Waals surface area contributed by atoms with Crippen LogP contribution in [0.3, 0.4) is 0 Å². The summed E-state index contributed by atoms with van der Waals surface area (Å²) in [6.45, 7) is 6.17. The van der Waals surface area contributed by atoms with Crippen LogP contribution in [0.5, 0.6) is 0 Å². The number of hydrogen-bond donors (Lipinski definition) is 1. The van der Waals surface area contributed by atoms with Crippen LogP contribution in [0.1, 0.15) is 45.4 Å². The van der Waals surface area contributed by atoms with Gasteiger partial charge >= 0.3 is 0 Å². The van der Waals surface area contributed by atoms with E-state index in [1.54, 1.807) is 0 Å². The van der Waals surface area contributed by atoms with Crippen LogP contribution < -0.4 is 5.73 Å². The minimum Gasteiger partial charge on any atom is -0.393 e. The van der Waals surface area contributed by atoms with Gasteiger partial charge in [-0.25, -0.2) is 0 Å². The smallest absolute Gasteiger partial charge is 0.232 e. The van der Waals surface area contributed by atoms with Crippen molar-refractivity contribution < 1.29 is 4.79 Å². The minimum atomic E-state index is -0.267. The molecule has 2 N–H and O–H groups in total. The van der Waals surface area contributed by atoms with Crippen LogP contribution in [0.2, 0.25) is 0 Å². The van der Waals surface area contributed by atoms with Gasteiger partial charge in [-0.1, -0.05) is 25.6 Å². The normalized spacial score (nSPS) is 23.6. The largest absolute Gasteiger partial charge is 0.393 e. The lowest BCUT2D eigenvalue weighted by atomic mass is 9.97. The number of nitrogens with zero attached hydrogens (tertiary/aromatic N) is 2. The Labute approximate surface area is 127 Å². The number of amides is 1. The summed E-state index contributed by atoms with van der Waals surface area (Å²) in [6, 6.07) is 0.671. The maximum Gasteiger partial charge on any atom is 0.232 e. The van der Waals surface area contributed by atoms with Crippen LogP contribution in [0.4, 0.5) is 0 Å². The molecule has 114 valence electrons. The molecule has 1 amide bonds. The fraction of sp³-hybridized carbons (Fsp3) is 0.867. The molecular weight excluding hydrogens is 270 g/mol. The summed E-state index contributed by atoms with van der Waals surface area (Å²) in [5.74, 6) is -0.131. The number of likely N-dealkylation sites (tertiary alicyclic amines) is 2. The second-order valence-electron chi connectivity index (χ2n) is 6.02. The highest BCUT2D eigenvalue weighted by Crippen LogP contribution is 2.22. The third-order valence-electron chi connectivity index (χ3n) is 4.73. The van der Waals surface area contributed by atoms with Crippen LogP contribution >= 0.6 is 12.2 Å². The molecule has 2 aliphatic rings. The molecule has 0 spiro atoms. The number of carbonyl (C=O) groups is 1. The fourth-order valence-electron chi connectivity index (χ4n) is 3.45. The van der Waals surface area contributed by atoms with E-state index in [1.807, 2.05) is 11.8 Å². The third-order valence-corrected chi connectivity index (χ3v) is 5.02. The number of rotatable bonds is 4. The molecule has 0 radical (unpaired) electrons. The highest BCUT2D eigenvalue weighted by Gasteiger charge is 2.31. The molecule has 2 saturated heterocycles. The Hall–Kier alpha value is -0.680. The molecule has 0 aromatic heterocycles.